The number of halogens is 2. The third-order valence-electron chi connectivity index (χ3n) is 3.65. The Morgan fingerprint density at radius 1 is 1.30 bits per heavy atom. The van der Waals surface area contributed by atoms with E-state index in [1.54, 1.807) is 6.92 Å². The van der Waals surface area contributed by atoms with Gasteiger partial charge in [-0.3, -0.25) is 9.89 Å². The predicted molar refractivity (Wildman–Crippen MR) is 68.1 cm³/mol. The van der Waals surface area contributed by atoms with Crippen molar-refractivity contribution >= 4 is 5.91 Å². The highest BCUT2D eigenvalue weighted by molar-refractivity contribution is 5.95. The minimum Gasteiger partial charge on any atom is -0.334 e. The molecule has 1 aromatic carbocycles. The van der Waals surface area contributed by atoms with Crippen molar-refractivity contribution in [1.29, 1.82) is 0 Å². The first-order chi connectivity index (χ1) is 9.58. The highest BCUT2D eigenvalue weighted by Crippen LogP contribution is 2.25. The maximum atomic E-state index is 13.8. The number of H-pyrrole nitrogens is 1. The second-order valence-corrected chi connectivity index (χ2v) is 4.87. The Kier molecular flexibility index (Phi) is 3.00. The van der Waals surface area contributed by atoms with Crippen molar-refractivity contribution in [3.63, 3.8) is 0 Å². The molecule has 2 heterocycles. The third-order valence-corrected chi connectivity index (χ3v) is 3.65. The minimum absolute atomic E-state index is 0.0857. The Morgan fingerprint density at radius 2 is 2.00 bits per heavy atom. The standard InChI is InChI=1S/C14H13F2N3O/c1-8-10(6-17-18-8)14(20)19-5-4-9-11(7-19)13(16)3-2-12(9)15/h2-3,6H,4-5,7H2,1H3,(H,17,18). The van der Waals surface area contributed by atoms with Crippen molar-refractivity contribution in [2.45, 2.75) is 19.9 Å². The molecule has 0 spiro atoms. The number of hydrogen-bond acceptors (Lipinski definition) is 2. The van der Waals surface area contributed by atoms with Gasteiger partial charge in [0.1, 0.15) is 11.6 Å². The fourth-order valence-corrected chi connectivity index (χ4v) is 2.50. The van der Waals surface area contributed by atoms with Crippen LogP contribution in [0.3, 0.4) is 0 Å². The zero-order valence-corrected chi connectivity index (χ0v) is 10.9. The first kappa shape index (κ1) is 12.8. The third kappa shape index (κ3) is 1.97. The van der Waals surface area contributed by atoms with Gasteiger partial charge >= 0.3 is 0 Å². The first-order valence-electron chi connectivity index (χ1n) is 6.33. The van der Waals surface area contributed by atoms with Gasteiger partial charge < -0.3 is 4.90 Å². The molecule has 1 amide bonds. The maximum Gasteiger partial charge on any atom is 0.257 e. The molecule has 0 radical (unpaired) electrons. The number of aryl methyl sites for hydroxylation is 1. The number of carbonyl (C=O) groups is 1. The van der Waals surface area contributed by atoms with E-state index in [2.05, 4.69) is 10.2 Å². The van der Waals surface area contributed by atoms with E-state index in [0.717, 1.165) is 12.1 Å². The average Bonchev–Trinajstić information content (AvgIpc) is 2.88. The van der Waals surface area contributed by atoms with Gasteiger partial charge in [-0.15, -0.1) is 0 Å². The van der Waals surface area contributed by atoms with Gasteiger partial charge in [0.15, 0.2) is 0 Å². The molecule has 0 aliphatic carbocycles. The van der Waals surface area contributed by atoms with Gasteiger partial charge in [0, 0.05) is 24.3 Å². The summed E-state index contributed by atoms with van der Waals surface area (Å²) in [7, 11) is 0. The summed E-state index contributed by atoms with van der Waals surface area (Å²) in [5, 5.41) is 6.50. The number of nitrogens with one attached hydrogen (secondary N) is 1. The Morgan fingerprint density at radius 3 is 2.65 bits per heavy atom. The highest BCUT2D eigenvalue weighted by Gasteiger charge is 2.27. The van der Waals surface area contributed by atoms with Crippen LogP contribution < -0.4 is 0 Å². The molecule has 3 rings (SSSR count). The van der Waals surface area contributed by atoms with Gasteiger partial charge in [-0.05, 0) is 31.0 Å². The number of benzene rings is 1. The monoisotopic (exact) mass is 277 g/mol. The van der Waals surface area contributed by atoms with E-state index in [1.807, 2.05) is 0 Å². The van der Waals surface area contributed by atoms with E-state index in [9.17, 15) is 13.6 Å². The molecule has 0 saturated carbocycles. The van der Waals surface area contributed by atoms with Crippen molar-refractivity contribution in [3.8, 4) is 0 Å². The lowest BCUT2D eigenvalue weighted by Gasteiger charge is -2.29. The van der Waals surface area contributed by atoms with Crippen LogP contribution in [0.15, 0.2) is 18.3 Å². The molecule has 1 N–H and O–H groups in total. The SMILES string of the molecule is Cc1[nH]ncc1C(=O)N1CCc2c(F)ccc(F)c2C1. The second-order valence-electron chi connectivity index (χ2n) is 4.87. The quantitative estimate of drug-likeness (QED) is 0.868. The Bertz CT molecular complexity index is 681. The normalized spacial score (nSPS) is 14.2. The summed E-state index contributed by atoms with van der Waals surface area (Å²) in [6.07, 6.45) is 1.77. The Hall–Kier alpha value is -2.24. The van der Waals surface area contributed by atoms with Gasteiger partial charge in [0.05, 0.1) is 11.8 Å². The number of aromatic amines is 1. The van der Waals surface area contributed by atoms with E-state index in [1.165, 1.54) is 11.1 Å². The summed E-state index contributed by atoms with van der Waals surface area (Å²) in [5.74, 6) is -1.10. The molecule has 0 bridgehead atoms. The lowest BCUT2D eigenvalue weighted by Crippen LogP contribution is -2.37. The van der Waals surface area contributed by atoms with Crippen molar-refractivity contribution in [1.82, 2.24) is 15.1 Å². The summed E-state index contributed by atoms with van der Waals surface area (Å²) >= 11 is 0. The molecule has 1 aliphatic heterocycles. The molecule has 1 aromatic heterocycles. The minimum atomic E-state index is -0.470. The van der Waals surface area contributed by atoms with Crippen LogP contribution in [-0.4, -0.2) is 27.5 Å². The van der Waals surface area contributed by atoms with Crippen molar-refractivity contribution in [2.24, 2.45) is 0 Å². The molecule has 0 unspecified atom stereocenters. The Balaban J connectivity index is 1.91. The van der Waals surface area contributed by atoms with Crippen LogP contribution in [0.25, 0.3) is 0 Å². The fraction of sp³-hybridized carbons (Fsp3) is 0.286. The summed E-state index contributed by atoms with van der Waals surface area (Å²) in [6.45, 7) is 2.21. The van der Waals surface area contributed by atoms with Crippen molar-refractivity contribution < 1.29 is 13.6 Å². The zero-order chi connectivity index (χ0) is 14.3. The fourth-order valence-electron chi connectivity index (χ4n) is 2.50. The van der Waals surface area contributed by atoms with Gasteiger partial charge in [0.25, 0.3) is 5.91 Å². The molecule has 2 aromatic rings. The van der Waals surface area contributed by atoms with Crippen LogP contribution in [0.2, 0.25) is 0 Å². The van der Waals surface area contributed by atoms with Crippen molar-refractivity contribution in [2.75, 3.05) is 6.54 Å². The second kappa shape index (κ2) is 4.70. The lowest BCUT2D eigenvalue weighted by atomic mass is 9.98. The molecule has 4 nitrogen and oxygen atoms in total. The van der Waals surface area contributed by atoms with E-state index >= 15 is 0 Å². The Labute approximate surface area is 114 Å². The molecule has 20 heavy (non-hydrogen) atoms. The van der Waals surface area contributed by atoms with Gasteiger partial charge in [-0.1, -0.05) is 0 Å². The average molecular weight is 277 g/mol. The lowest BCUT2D eigenvalue weighted by molar-refractivity contribution is 0.0730. The van der Waals surface area contributed by atoms with E-state index in [-0.39, 0.29) is 18.0 Å². The van der Waals surface area contributed by atoms with E-state index in [0.29, 0.717) is 29.8 Å². The van der Waals surface area contributed by atoms with Gasteiger partial charge in [0.2, 0.25) is 0 Å². The van der Waals surface area contributed by atoms with Crippen LogP contribution in [0, 0.1) is 18.6 Å². The van der Waals surface area contributed by atoms with Crippen molar-refractivity contribution in [3.05, 3.63) is 52.3 Å². The summed E-state index contributed by atoms with van der Waals surface area (Å²) in [6, 6.07) is 2.23. The largest absolute Gasteiger partial charge is 0.334 e. The van der Waals surface area contributed by atoms with Gasteiger partial charge in [-0.25, -0.2) is 8.78 Å². The number of fused-ring (bicyclic) bond motifs is 1. The molecule has 0 atom stereocenters. The summed E-state index contributed by atoms with van der Waals surface area (Å²) < 4.78 is 27.4. The smallest absolute Gasteiger partial charge is 0.257 e. The summed E-state index contributed by atoms with van der Waals surface area (Å²) in [5.41, 5.74) is 1.77. The van der Waals surface area contributed by atoms with Crippen LogP contribution in [-0.2, 0) is 13.0 Å². The molecule has 6 heteroatoms. The zero-order valence-electron chi connectivity index (χ0n) is 10.9. The number of nitrogens with zero attached hydrogens (tertiary/aromatic N) is 2. The van der Waals surface area contributed by atoms with E-state index < -0.39 is 11.6 Å². The molecule has 0 fully saturated rings. The molecular formula is C14H13F2N3O. The number of amides is 1. The van der Waals surface area contributed by atoms with Crippen LogP contribution in [0.4, 0.5) is 8.78 Å². The van der Waals surface area contributed by atoms with Crippen LogP contribution >= 0.6 is 0 Å². The number of rotatable bonds is 1. The highest BCUT2D eigenvalue weighted by atomic mass is 19.1. The summed E-state index contributed by atoms with van der Waals surface area (Å²) in [4.78, 5) is 13.9. The van der Waals surface area contributed by atoms with E-state index in [4.69, 9.17) is 0 Å². The number of aromatic nitrogens is 2. The molecule has 1 aliphatic rings. The predicted octanol–water partition coefficient (Wildman–Crippen LogP) is 2.19. The van der Waals surface area contributed by atoms with Crippen LogP contribution in [0.5, 0.6) is 0 Å². The molecule has 104 valence electrons. The topological polar surface area (TPSA) is 49.0 Å². The number of hydrogen-bond donors (Lipinski definition) is 1. The maximum absolute atomic E-state index is 13.8. The van der Waals surface area contributed by atoms with Crippen LogP contribution in [0.1, 0.15) is 27.2 Å². The first-order valence-corrected chi connectivity index (χ1v) is 6.33. The molecular weight excluding hydrogens is 264 g/mol. The molecule has 0 saturated heterocycles. The number of carbonyl (C=O) groups excluding carboxylic acids is 1. The van der Waals surface area contributed by atoms with Gasteiger partial charge in [-0.2, -0.15) is 5.10 Å².